The number of rotatable bonds is 6. The van der Waals surface area contributed by atoms with Crippen LogP contribution in [0.3, 0.4) is 0 Å². The van der Waals surface area contributed by atoms with Crippen LogP contribution in [0.2, 0.25) is 0 Å². The van der Waals surface area contributed by atoms with E-state index in [-0.39, 0.29) is 35.6 Å². The van der Waals surface area contributed by atoms with Crippen molar-refractivity contribution in [2.75, 3.05) is 33.7 Å². The quantitative estimate of drug-likeness (QED) is 0.767. The van der Waals surface area contributed by atoms with Gasteiger partial charge in [0.1, 0.15) is 5.41 Å². The highest BCUT2D eigenvalue weighted by Gasteiger charge is 2.50. The molecule has 6 nitrogen and oxygen atoms in total. The lowest BCUT2D eigenvalue weighted by atomic mass is 9.64. The monoisotopic (exact) mass is 419 g/mol. The summed E-state index contributed by atoms with van der Waals surface area (Å²) >= 11 is 0. The van der Waals surface area contributed by atoms with E-state index in [0.29, 0.717) is 19.6 Å². The molecule has 0 bridgehead atoms. The van der Waals surface area contributed by atoms with Crippen molar-refractivity contribution in [2.24, 2.45) is 11.7 Å². The van der Waals surface area contributed by atoms with Crippen molar-refractivity contribution in [3.63, 3.8) is 0 Å². The number of hydrogen-bond acceptors (Lipinski definition) is 3. The molecule has 1 aliphatic rings. The molecule has 1 fully saturated rings. The first-order chi connectivity index (χ1) is 13.0. The van der Waals surface area contributed by atoms with Crippen LogP contribution in [0.1, 0.15) is 17.5 Å². The van der Waals surface area contributed by atoms with Gasteiger partial charge in [0.05, 0.1) is 6.54 Å². The first kappa shape index (κ1) is 24.6. The largest absolute Gasteiger partial charge is 0.412 e. The molecule has 2 aromatic rings. The predicted molar refractivity (Wildman–Crippen MR) is 117 cm³/mol. The summed E-state index contributed by atoms with van der Waals surface area (Å²) in [7, 11) is 3.76. The number of nitrogens with zero attached hydrogens (tertiary/aromatic N) is 2. The van der Waals surface area contributed by atoms with Crippen molar-refractivity contribution >= 4 is 24.2 Å². The molecule has 7 heteroatoms. The highest BCUT2D eigenvalue weighted by Crippen LogP contribution is 2.43. The molecule has 0 aliphatic carbocycles. The Morgan fingerprint density at radius 3 is 1.93 bits per heavy atom. The van der Waals surface area contributed by atoms with E-state index in [2.05, 4.69) is 0 Å². The Bertz CT molecular complexity index is 760. The van der Waals surface area contributed by atoms with Gasteiger partial charge in [0.2, 0.25) is 11.8 Å². The molecule has 0 radical (unpaired) electrons. The summed E-state index contributed by atoms with van der Waals surface area (Å²) in [6, 6.07) is 19.4. The highest BCUT2D eigenvalue weighted by molar-refractivity contribution is 5.91. The lowest BCUT2D eigenvalue weighted by Gasteiger charge is -2.37. The summed E-state index contributed by atoms with van der Waals surface area (Å²) in [6.45, 7) is 1.54. The number of likely N-dealkylation sites (tertiary alicyclic amines) is 1. The van der Waals surface area contributed by atoms with E-state index in [9.17, 15) is 9.59 Å². The first-order valence-electron chi connectivity index (χ1n) is 9.29. The molecule has 0 aromatic heterocycles. The van der Waals surface area contributed by atoms with E-state index >= 15 is 0 Å². The number of amides is 2. The third-order valence-corrected chi connectivity index (χ3v) is 5.45. The van der Waals surface area contributed by atoms with Gasteiger partial charge >= 0.3 is 0 Å². The summed E-state index contributed by atoms with van der Waals surface area (Å²) in [5.74, 6) is -0.347. The van der Waals surface area contributed by atoms with Crippen LogP contribution in [0, 0.1) is 5.92 Å². The molecule has 1 heterocycles. The van der Waals surface area contributed by atoms with Gasteiger partial charge in [-0.25, -0.2) is 0 Å². The number of halogens is 1. The van der Waals surface area contributed by atoms with E-state index < -0.39 is 5.41 Å². The average Bonchev–Trinajstić information content (AvgIpc) is 3.14. The normalized spacial score (nSPS) is 16.1. The van der Waals surface area contributed by atoms with Crippen molar-refractivity contribution in [3.05, 3.63) is 71.8 Å². The second-order valence-corrected chi connectivity index (χ2v) is 7.47. The van der Waals surface area contributed by atoms with E-state index in [1.54, 1.807) is 0 Å². The summed E-state index contributed by atoms with van der Waals surface area (Å²) in [6.07, 6.45) is 0.742. The van der Waals surface area contributed by atoms with Crippen LogP contribution in [-0.4, -0.2) is 60.8 Å². The second kappa shape index (κ2) is 10.4. The fourth-order valence-corrected chi connectivity index (χ4v) is 4.24. The summed E-state index contributed by atoms with van der Waals surface area (Å²) < 4.78 is 0. The number of nitrogens with two attached hydrogens (primary N) is 1. The lowest BCUT2D eigenvalue weighted by Crippen LogP contribution is -2.49. The molecule has 0 spiro atoms. The van der Waals surface area contributed by atoms with Gasteiger partial charge in [-0.15, -0.1) is 12.4 Å². The fraction of sp³-hybridized carbons (Fsp3) is 0.364. The van der Waals surface area contributed by atoms with Gasteiger partial charge in [-0.05, 0) is 31.6 Å². The zero-order chi connectivity index (χ0) is 19.4. The Morgan fingerprint density at radius 1 is 1.03 bits per heavy atom. The molecule has 4 N–H and O–H groups in total. The minimum Gasteiger partial charge on any atom is -0.412 e. The molecule has 0 saturated carbocycles. The third-order valence-electron chi connectivity index (χ3n) is 5.45. The number of hydrogen-bond donors (Lipinski definition) is 1. The SMILES string of the molecule is CN(C)CC(=O)N1CCC(C(C(N)=O)(c2ccccc2)c2ccccc2)C1.Cl.O. The van der Waals surface area contributed by atoms with Gasteiger partial charge in [-0.1, -0.05) is 60.7 Å². The topological polar surface area (TPSA) is 98.1 Å². The summed E-state index contributed by atoms with van der Waals surface area (Å²) in [5, 5.41) is 0. The van der Waals surface area contributed by atoms with Crippen LogP contribution in [0.5, 0.6) is 0 Å². The molecule has 29 heavy (non-hydrogen) atoms. The molecule has 3 rings (SSSR count). The summed E-state index contributed by atoms with van der Waals surface area (Å²) in [5.41, 5.74) is 6.89. The first-order valence-corrected chi connectivity index (χ1v) is 9.29. The number of benzene rings is 2. The Morgan fingerprint density at radius 2 is 1.52 bits per heavy atom. The molecule has 2 amide bonds. The lowest BCUT2D eigenvalue weighted by molar-refractivity contribution is -0.131. The number of carbonyl (C=O) groups is 2. The Balaban J connectivity index is 0.00000210. The number of carbonyl (C=O) groups excluding carboxylic acids is 2. The third kappa shape index (κ3) is 4.78. The van der Waals surface area contributed by atoms with Gasteiger partial charge < -0.3 is 21.0 Å². The van der Waals surface area contributed by atoms with Gasteiger partial charge in [-0.2, -0.15) is 0 Å². The molecule has 1 saturated heterocycles. The van der Waals surface area contributed by atoms with Crippen LogP contribution in [0.15, 0.2) is 60.7 Å². The van der Waals surface area contributed by atoms with Crippen LogP contribution < -0.4 is 5.73 Å². The van der Waals surface area contributed by atoms with Crippen LogP contribution in [-0.2, 0) is 15.0 Å². The predicted octanol–water partition coefficient (Wildman–Crippen LogP) is 1.47. The van der Waals surface area contributed by atoms with Crippen molar-refractivity contribution < 1.29 is 15.1 Å². The Hall–Kier alpha value is -2.41. The maximum Gasteiger partial charge on any atom is 0.236 e. The second-order valence-electron chi connectivity index (χ2n) is 7.47. The van der Waals surface area contributed by atoms with Crippen molar-refractivity contribution in [2.45, 2.75) is 11.8 Å². The van der Waals surface area contributed by atoms with Gasteiger partial charge in [-0.3, -0.25) is 9.59 Å². The van der Waals surface area contributed by atoms with Gasteiger partial charge in [0.15, 0.2) is 0 Å². The fourth-order valence-electron chi connectivity index (χ4n) is 4.24. The average molecular weight is 420 g/mol. The Labute approximate surface area is 178 Å². The van der Waals surface area contributed by atoms with E-state index in [4.69, 9.17) is 5.73 Å². The summed E-state index contributed by atoms with van der Waals surface area (Å²) in [4.78, 5) is 29.2. The minimum atomic E-state index is -0.949. The smallest absolute Gasteiger partial charge is 0.236 e. The minimum absolute atomic E-state index is 0. The molecule has 158 valence electrons. The van der Waals surface area contributed by atoms with E-state index in [1.165, 1.54) is 0 Å². The molecule has 1 unspecified atom stereocenters. The maximum absolute atomic E-state index is 13.0. The van der Waals surface area contributed by atoms with Crippen molar-refractivity contribution in [1.82, 2.24) is 9.80 Å². The van der Waals surface area contributed by atoms with Gasteiger partial charge in [0, 0.05) is 19.0 Å². The van der Waals surface area contributed by atoms with Crippen molar-refractivity contribution in [1.29, 1.82) is 0 Å². The standard InChI is InChI=1S/C22H27N3O2.ClH.H2O/c1-24(2)16-20(26)25-14-13-19(15-25)22(21(23)27,17-9-5-3-6-10-17)18-11-7-4-8-12-18;;/h3-12,19H,13-16H2,1-2H3,(H2,23,27);1H;1H2. The zero-order valence-corrected chi connectivity index (χ0v) is 17.7. The number of primary amides is 1. The Kier molecular flexibility index (Phi) is 8.82. The molecule has 1 atom stereocenters. The molecule has 1 aliphatic heterocycles. The molecular formula is C22H30ClN3O3. The zero-order valence-electron chi connectivity index (χ0n) is 16.9. The van der Waals surface area contributed by atoms with Crippen LogP contribution in [0.25, 0.3) is 0 Å². The van der Waals surface area contributed by atoms with E-state index in [0.717, 1.165) is 17.5 Å². The van der Waals surface area contributed by atoms with Crippen LogP contribution in [0.4, 0.5) is 0 Å². The van der Waals surface area contributed by atoms with Gasteiger partial charge in [0.25, 0.3) is 0 Å². The molecular weight excluding hydrogens is 390 g/mol. The van der Waals surface area contributed by atoms with E-state index in [1.807, 2.05) is 84.6 Å². The molecule has 2 aromatic carbocycles. The van der Waals surface area contributed by atoms with Crippen LogP contribution >= 0.6 is 12.4 Å². The maximum atomic E-state index is 13.0. The number of likely N-dealkylation sites (N-methyl/N-ethyl adjacent to an activating group) is 1. The highest BCUT2D eigenvalue weighted by atomic mass is 35.5. The van der Waals surface area contributed by atoms with Crippen molar-refractivity contribution in [3.8, 4) is 0 Å².